The van der Waals surface area contributed by atoms with Crippen molar-refractivity contribution < 1.29 is 9.90 Å². The number of piperidine rings is 1. The zero-order chi connectivity index (χ0) is 12.3. The van der Waals surface area contributed by atoms with Crippen LogP contribution in [0.1, 0.15) is 27.2 Å². The fourth-order valence-electron chi connectivity index (χ4n) is 2.24. The van der Waals surface area contributed by atoms with E-state index in [0.717, 1.165) is 13.0 Å². The van der Waals surface area contributed by atoms with E-state index >= 15 is 0 Å². The first kappa shape index (κ1) is 13.5. The van der Waals surface area contributed by atoms with E-state index < -0.39 is 0 Å². The van der Waals surface area contributed by atoms with Crippen molar-refractivity contribution in [1.29, 1.82) is 0 Å². The molecule has 16 heavy (non-hydrogen) atoms. The smallest absolute Gasteiger partial charge is 0.225 e. The van der Waals surface area contributed by atoms with Crippen LogP contribution in [-0.4, -0.2) is 48.2 Å². The number of rotatable bonds is 3. The van der Waals surface area contributed by atoms with Crippen LogP contribution in [0.25, 0.3) is 0 Å². The number of aliphatic hydroxyl groups excluding tert-OH is 1. The lowest BCUT2D eigenvalue weighted by Crippen LogP contribution is -2.53. The molecule has 3 atom stereocenters. The Labute approximate surface area is 98.0 Å². The highest BCUT2D eigenvalue weighted by Gasteiger charge is 2.32. The first-order chi connectivity index (χ1) is 7.45. The quantitative estimate of drug-likeness (QED) is 0.738. The van der Waals surface area contributed by atoms with E-state index in [1.807, 2.05) is 25.8 Å². The summed E-state index contributed by atoms with van der Waals surface area (Å²) < 4.78 is 0. The van der Waals surface area contributed by atoms with Crippen LogP contribution in [0.3, 0.4) is 0 Å². The van der Waals surface area contributed by atoms with Gasteiger partial charge in [-0.3, -0.25) is 4.79 Å². The Hall–Kier alpha value is -0.610. The second-order valence-electron chi connectivity index (χ2n) is 5.12. The molecule has 3 unspecified atom stereocenters. The zero-order valence-electron chi connectivity index (χ0n) is 10.7. The molecule has 0 spiro atoms. The topological polar surface area (TPSA) is 52.6 Å². The minimum absolute atomic E-state index is 0.0326. The van der Waals surface area contributed by atoms with Gasteiger partial charge in [0, 0.05) is 31.0 Å². The van der Waals surface area contributed by atoms with Gasteiger partial charge in [0.1, 0.15) is 0 Å². The molecule has 0 saturated carbocycles. The summed E-state index contributed by atoms with van der Waals surface area (Å²) in [4.78, 5) is 13.8. The third-order valence-corrected chi connectivity index (χ3v) is 3.38. The number of aliphatic hydroxyl groups is 1. The highest BCUT2D eigenvalue weighted by atomic mass is 16.3. The molecule has 1 aliphatic rings. The summed E-state index contributed by atoms with van der Waals surface area (Å²) in [6.07, 6.45) is 0.592. The number of nitrogens with one attached hydrogen (secondary N) is 1. The Morgan fingerprint density at radius 2 is 2.00 bits per heavy atom. The fourth-order valence-corrected chi connectivity index (χ4v) is 2.24. The van der Waals surface area contributed by atoms with Crippen LogP contribution >= 0.6 is 0 Å². The molecule has 0 aliphatic carbocycles. The number of hydrogen-bond donors (Lipinski definition) is 2. The number of amides is 1. The molecule has 1 fully saturated rings. The molecule has 1 saturated heterocycles. The Morgan fingerprint density at radius 1 is 1.38 bits per heavy atom. The van der Waals surface area contributed by atoms with E-state index in [4.69, 9.17) is 0 Å². The molecule has 4 nitrogen and oxygen atoms in total. The molecule has 0 aromatic heterocycles. The lowest BCUT2D eigenvalue weighted by atomic mass is 9.89. The number of likely N-dealkylation sites (N-methyl/N-ethyl adjacent to an activating group) is 1. The number of nitrogens with zero attached hydrogens (tertiary/aromatic N) is 1. The zero-order valence-corrected chi connectivity index (χ0v) is 10.7. The molecule has 1 rings (SSSR count). The monoisotopic (exact) mass is 228 g/mol. The largest absolute Gasteiger partial charge is 0.393 e. The maximum Gasteiger partial charge on any atom is 0.225 e. The number of hydrogen-bond acceptors (Lipinski definition) is 3. The van der Waals surface area contributed by atoms with E-state index in [2.05, 4.69) is 5.32 Å². The van der Waals surface area contributed by atoms with E-state index in [9.17, 15) is 9.90 Å². The van der Waals surface area contributed by atoms with Crippen molar-refractivity contribution in [3.63, 3.8) is 0 Å². The van der Waals surface area contributed by atoms with Gasteiger partial charge >= 0.3 is 0 Å². The Morgan fingerprint density at radius 3 is 2.44 bits per heavy atom. The third-order valence-electron chi connectivity index (χ3n) is 3.38. The average Bonchev–Trinajstić information content (AvgIpc) is 2.27. The minimum atomic E-state index is -0.349. The molecule has 0 bridgehead atoms. The van der Waals surface area contributed by atoms with Crippen molar-refractivity contribution in [1.82, 2.24) is 10.2 Å². The second kappa shape index (κ2) is 5.64. The summed E-state index contributed by atoms with van der Waals surface area (Å²) in [5.41, 5.74) is 0. The molecule has 1 amide bonds. The normalized spacial score (nSPS) is 28.2. The van der Waals surface area contributed by atoms with Crippen molar-refractivity contribution in [3.05, 3.63) is 0 Å². The van der Waals surface area contributed by atoms with Crippen molar-refractivity contribution in [2.24, 2.45) is 11.8 Å². The van der Waals surface area contributed by atoms with Crippen molar-refractivity contribution in [3.8, 4) is 0 Å². The number of carbonyl (C=O) groups is 1. The molecule has 0 aromatic rings. The molecular formula is C12H24N2O2. The molecule has 1 heterocycles. The molecule has 94 valence electrons. The lowest BCUT2D eigenvalue weighted by molar-refractivity contribution is -0.137. The molecule has 4 heteroatoms. The van der Waals surface area contributed by atoms with Crippen molar-refractivity contribution in [2.75, 3.05) is 20.1 Å². The van der Waals surface area contributed by atoms with Crippen molar-refractivity contribution >= 4 is 5.91 Å². The number of likely N-dealkylation sites (tertiary alicyclic amines) is 1. The van der Waals surface area contributed by atoms with Gasteiger partial charge in [-0.1, -0.05) is 13.8 Å². The summed E-state index contributed by atoms with van der Waals surface area (Å²) in [5.74, 6) is 0.407. The second-order valence-corrected chi connectivity index (χ2v) is 5.12. The van der Waals surface area contributed by atoms with Gasteiger partial charge in [0.05, 0.1) is 6.10 Å². The summed E-state index contributed by atoms with van der Waals surface area (Å²) >= 11 is 0. The van der Waals surface area contributed by atoms with Crippen LogP contribution in [0.4, 0.5) is 0 Å². The van der Waals surface area contributed by atoms with Crippen LogP contribution in [0, 0.1) is 11.8 Å². The predicted octanol–water partition coefficient (Wildman–Crippen LogP) is 0.460. The van der Waals surface area contributed by atoms with Gasteiger partial charge in [-0.25, -0.2) is 0 Å². The van der Waals surface area contributed by atoms with E-state index in [1.165, 1.54) is 0 Å². The Bertz CT molecular complexity index is 241. The molecular weight excluding hydrogens is 204 g/mol. The Kier molecular flexibility index (Phi) is 4.74. The summed E-state index contributed by atoms with van der Waals surface area (Å²) in [6.45, 7) is 7.09. The number of carbonyl (C=O) groups excluding carboxylic acids is 1. The highest BCUT2D eigenvalue weighted by molar-refractivity contribution is 5.78. The third kappa shape index (κ3) is 3.19. The summed E-state index contributed by atoms with van der Waals surface area (Å²) in [7, 11) is 1.91. The lowest BCUT2D eigenvalue weighted by Gasteiger charge is -2.39. The van der Waals surface area contributed by atoms with E-state index in [1.54, 1.807) is 6.92 Å². The van der Waals surface area contributed by atoms with Gasteiger partial charge in [-0.05, 0) is 20.4 Å². The summed E-state index contributed by atoms with van der Waals surface area (Å²) in [5, 5.41) is 12.9. The maximum atomic E-state index is 11.9. The summed E-state index contributed by atoms with van der Waals surface area (Å²) in [6, 6.07) is 0.302. The van der Waals surface area contributed by atoms with Gasteiger partial charge in [-0.15, -0.1) is 0 Å². The van der Waals surface area contributed by atoms with Gasteiger partial charge < -0.3 is 15.3 Å². The van der Waals surface area contributed by atoms with Crippen LogP contribution < -0.4 is 5.32 Å². The van der Waals surface area contributed by atoms with Gasteiger partial charge in [-0.2, -0.15) is 0 Å². The van der Waals surface area contributed by atoms with Crippen molar-refractivity contribution in [2.45, 2.75) is 39.3 Å². The molecule has 2 N–H and O–H groups in total. The van der Waals surface area contributed by atoms with E-state index in [-0.39, 0.29) is 23.8 Å². The van der Waals surface area contributed by atoms with Crippen LogP contribution in [0.15, 0.2) is 0 Å². The SMILES string of the molecule is CNC1CC(C(C)O)CN(C(=O)C(C)C)C1. The predicted molar refractivity (Wildman–Crippen MR) is 64.1 cm³/mol. The molecule has 0 aromatic carbocycles. The molecule has 1 aliphatic heterocycles. The van der Waals surface area contributed by atoms with Crippen LogP contribution in [-0.2, 0) is 4.79 Å². The van der Waals surface area contributed by atoms with Gasteiger partial charge in [0.15, 0.2) is 0 Å². The van der Waals surface area contributed by atoms with Gasteiger partial charge in [0.2, 0.25) is 5.91 Å². The Balaban J connectivity index is 2.67. The first-order valence-corrected chi connectivity index (χ1v) is 6.09. The fraction of sp³-hybridized carbons (Fsp3) is 0.917. The standard InChI is InChI=1S/C12H24N2O2/c1-8(2)12(16)14-6-10(9(3)15)5-11(7-14)13-4/h8-11,13,15H,5-7H2,1-4H3. The maximum absolute atomic E-state index is 11.9. The highest BCUT2D eigenvalue weighted by Crippen LogP contribution is 2.21. The van der Waals surface area contributed by atoms with Crippen LogP contribution in [0.5, 0.6) is 0 Å². The van der Waals surface area contributed by atoms with Gasteiger partial charge in [0.25, 0.3) is 0 Å². The molecule has 0 radical (unpaired) electrons. The van der Waals surface area contributed by atoms with E-state index in [0.29, 0.717) is 12.6 Å². The average molecular weight is 228 g/mol. The minimum Gasteiger partial charge on any atom is -0.393 e. The van der Waals surface area contributed by atoms with Crippen LogP contribution in [0.2, 0.25) is 0 Å². The first-order valence-electron chi connectivity index (χ1n) is 6.09.